The average molecular weight is 467 g/mol. The highest BCUT2D eigenvalue weighted by Crippen LogP contribution is 2.22. The lowest BCUT2D eigenvalue weighted by atomic mass is 10.2. The molecule has 1 heterocycles. The fourth-order valence-electron chi connectivity index (χ4n) is 2.96. The monoisotopic (exact) mass is 466 g/mol. The Bertz CT molecular complexity index is 1350. The van der Waals surface area contributed by atoms with E-state index < -0.39 is 10.8 Å². The SMILES string of the molecule is Cc1cc2nn(-c3ccc(Cl)cc3)nc2cc1NC(=S)NC(=O)c1ccc([N+](=O)[O-])cc1. The summed E-state index contributed by atoms with van der Waals surface area (Å²) >= 11 is 11.2. The Morgan fingerprint density at radius 1 is 1.06 bits per heavy atom. The number of anilines is 1. The number of aryl methyl sites for hydroxylation is 1. The Kier molecular flexibility index (Phi) is 5.80. The highest BCUT2D eigenvalue weighted by molar-refractivity contribution is 7.80. The Balaban J connectivity index is 1.49. The molecule has 0 saturated carbocycles. The molecule has 0 atom stereocenters. The van der Waals surface area contributed by atoms with Gasteiger partial charge in [-0.2, -0.15) is 4.80 Å². The number of nitrogens with one attached hydrogen (secondary N) is 2. The van der Waals surface area contributed by atoms with Gasteiger partial charge < -0.3 is 5.32 Å². The summed E-state index contributed by atoms with van der Waals surface area (Å²) in [6.07, 6.45) is 0. The first-order chi connectivity index (χ1) is 15.3. The second-order valence-electron chi connectivity index (χ2n) is 6.83. The number of carbonyl (C=O) groups is 1. The van der Waals surface area contributed by atoms with Crippen LogP contribution < -0.4 is 10.6 Å². The van der Waals surface area contributed by atoms with Crippen LogP contribution in [0.3, 0.4) is 0 Å². The van der Waals surface area contributed by atoms with Crippen LogP contribution in [0.2, 0.25) is 5.02 Å². The van der Waals surface area contributed by atoms with Gasteiger partial charge in [-0.15, -0.1) is 10.2 Å². The number of aromatic nitrogens is 3. The van der Waals surface area contributed by atoms with Gasteiger partial charge in [0.1, 0.15) is 11.0 Å². The molecule has 0 saturated heterocycles. The van der Waals surface area contributed by atoms with Crippen LogP contribution >= 0.6 is 23.8 Å². The van der Waals surface area contributed by atoms with E-state index in [9.17, 15) is 14.9 Å². The molecular weight excluding hydrogens is 452 g/mol. The highest BCUT2D eigenvalue weighted by Gasteiger charge is 2.13. The lowest BCUT2D eigenvalue weighted by Crippen LogP contribution is -2.34. The molecule has 32 heavy (non-hydrogen) atoms. The second kappa shape index (κ2) is 8.69. The maximum atomic E-state index is 12.4. The first-order valence-corrected chi connectivity index (χ1v) is 10.1. The summed E-state index contributed by atoms with van der Waals surface area (Å²) in [6.45, 7) is 1.88. The van der Waals surface area contributed by atoms with Crippen LogP contribution in [0.25, 0.3) is 16.7 Å². The van der Waals surface area contributed by atoms with Gasteiger partial charge in [0.15, 0.2) is 5.11 Å². The third kappa shape index (κ3) is 4.56. The van der Waals surface area contributed by atoms with Crippen molar-refractivity contribution >= 4 is 57.2 Å². The Labute approximate surface area is 192 Å². The number of hydrogen-bond donors (Lipinski definition) is 2. The summed E-state index contributed by atoms with van der Waals surface area (Å²) < 4.78 is 0. The maximum Gasteiger partial charge on any atom is 0.269 e. The van der Waals surface area contributed by atoms with Crippen molar-refractivity contribution in [1.29, 1.82) is 0 Å². The van der Waals surface area contributed by atoms with E-state index in [1.165, 1.54) is 29.1 Å². The lowest BCUT2D eigenvalue weighted by molar-refractivity contribution is -0.384. The van der Waals surface area contributed by atoms with Gasteiger partial charge in [0.05, 0.1) is 10.6 Å². The summed E-state index contributed by atoms with van der Waals surface area (Å²) in [4.78, 5) is 24.1. The Morgan fingerprint density at radius 2 is 1.69 bits per heavy atom. The van der Waals surface area contributed by atoms with Gasteiger partial charge in [-0.25, -0.2) is 0 Å². The fourth-order valence-corrected chi connectivity index (χ4v) is 3.28. The van der Waals surface area contributed by atoms with E-state index in [0.717, 1.165) is 11.3 Å². The molecule has 0 aliphatic heterocycles. The van der Waals surface area contributed by atoms with Crippen molar-refractivity contribution in [3.8, 4) is 5.69 Å². The number of hydrogen-bond acceptors (Lipinski definition) is 6. The van der Waals surface area contributed by atoms with Crippen LogP contribution in [-0.2, 0) is 0 Å². The van der Waals surface area contributed by atoms with Crippen LogP contribution in [-0.4, -0.2) is 30.9 Å². The Morgan fingerprint density at radius 3 is 2.31 bits per heavy atom. The molecule has 0 aliphatic rings. The van der Waals surface area contributed by atoms with Gasteiger partial charge in [0.2, 0.25) is 0 Å². The van der Waals surface area contributed by atoms with Crippen molar-refractivity contribution in [2.75, 3.05) is 5.32 Å². The molecule has 11 heteroatoms. The Hall–Kier alpha value is -3.89. The molecule has 4 rings (SSSR count). The number of non-ortho nitro benzene ring substituents is 1. The molecule has 4 aromatic rings. The van der Waals surface area contributed by atoms with E-state index in [4.69, 9.17) is 23.8 Å². The quantitative estimate of drug-likeness (QED) is 0.260. The summed E-state index contributed by atoms with van der Waals surface area (Å²) in [6, 6.07) is 16.0. The number of rotatable bonds is 4. The second-order valence-corrected chi connectivity index (χ2v) is 7.68. The number of fused-ring (bicyclic) bond motifs is 1. The molecule has 1 aromatic heterocycles. The molecule has 0 fully saturated rings. The van der Waals surface area contributed by atoms with Gasteiger partial charge >= 0.3 is 0 Å². The molecule has 9 nitrogen and oxygen atoms in total. The number of nitrogens with zero attached hydrogens (tertiary/aromatic N) is 4. The molecule has 2 N–H and O–H groups in total. The first kappa shape index (κ1) is 21.3. The first-order valence-electron chi connectivity index (χ1n) is 9.30. The zero-order valence-corrected chi connectivity index (χ0v) is 18.1. The van der Waals surface area contributed by atoms with Crippen molar-refractivity contribution in [2.45, 2.75) is 6.92 Å². The predicted octanol–water partition coefficient (Wildman–Crippen LogP) is 4.42. The summed E-state index contributed by atoms with van der Waals surface area (Å²) in [5.74, 6) is -0.482. The zero-order chi connectivity index (χ0) is 22.8. The van der Waals surface area contributed by atoms with Crippen LogP contribution in [0.4, 0.5) is 11.4 Å². The van der Waals surface area contributed by atoms with Crippen molar-refractivity contribution in [2.24, 2.45) is 0 Å². The van der Waals surface area contributed by atoms with Gasteiger partial charge in [0, 0.05) is 28.4 Å². The highest BCUT2D eigenvalue weighted by atomic mass is 35.5. The van der Waals surface area contributed by atoms with E-state index in [1.54, 1.807) is 18.2 Å². The molecule has 1 amide bonds. The molecule has 0 unspecified atom stereocenters. The third-order valence-corrected chi connectivity index (χ3v) is 5.06. The number of amides is 1. The van der Waals surface area contributed by atoms with Crippen LogP contribution in [0, 0.1) is 17.0 Å². The number of nitro groups is 1. The minimum Gasteiger partial charge on any atom is -0.332 e. The van der Waals surface area contributed by atoms with Crippen LogP contribution in [0.15, 0.2) is 60.7 Å². The van der Waals surface area contributed by atoms with Gasteiger partial charge in [-0.1, -0.05) is 11.6 Å². The maximum absolute atomic E-state index is 12.4. The number of carbonyl (C=O) groups excluding carboxylic acids is 1. The standard InChI is InChI=1S/C21H15ClN6O3S/c1-12-10-18-19(26-27(25-18)15-8-4-14(22)5-9-15)11-17(12)23-21(32)24-20(29)13-2-6-16(7-3-13)28(30)31/h2-11H,1H3,(H2,23,24,29,32). The number of nitro benzene ring substituents is 1. The summed E-state index contributed by atoms with van der Waals surface area (Å²) in [7, 11) is 0. The van der Waals surface area contributed by atoms with E-state index >= 15 is 0 Å². The van der Waals surface area contributed by atoms with E-state index in [1.807, 2.05) is 25.1 Å². The number of benzene rings is 3. The summed E-state index contributed by atoms with van der Waals surface area (Å²) in [5.41, 5.74) is 3.77. The van der Waals surface area contributed by atoms with Crippen LogP contribution in [0.1, 0.15) is 15.9 Å². The smallest absolute Gasteiger partial charge is 0.269 e. The topological polar surface area (TPSA) is 115 Å². The lowest BCUT2D eigenvalue weighted by Gasteiger charge is -2.11. The van der Waals surface area contributed by atoms with Crippen molar-refractivity contribution in [3.63, 3.8) is 0 Å². The van der Waals surface area contributed by atoms with Crippen molar-refractivity contribution < 1.29 is 9.72 Å². The summed E-state index contributed by atoms with van der Waals surface area (Å²) in [5, 5.41) is 26.0. The number of thiocarbonyl (C=S) groups is 1. The van der Waals surface area contributed by atoms with E-state index in [2.05, 4.69) is 20.8 Å². The third-order valence-electron chi connectivity index (χ3n) is 4.60. The minimum atomic E-state index is -0.532. The molecule has 0 spiro atoms. The van der Waals surface area contributed by atoms with E-state index in [-0.39, 0.29) is 16.4 Å². The largest absolute Gasteiger partial charge is 0.332 e. The van der Waals surface area contributed by atoms with Gasteiger partial charge in [-0.3, -0.25) is 20.2 Å². The van der Waals surface area contributed by atoms with Gasteiger partial charge in [0.25, 0.3) is 11.6 Å². The zero-order valence-electron chi connectivity index (χ0n) is 16.6. The van der Waals surface area contributed by atoms with Gasteiger partial charge in [-0.05, 0) is 73.2 Å². The molecule has 3 aromatic carbocycles. The molecule has 0 bridgehead atoms. The molecule has 160 valence electrons. The van der Waals surface area contributed by atoms with Crippen molar-refractivity contribution in [3.05, 3.63) is 86.9 Å². The molecule has 0 aliphatic carbocycles. The predicted molar refractivity (Wildman–Crippen MR) is 125 cm³/mol. The minimum absolute atomic E-state index is 0.0842. The van der Waals surface area contributed by atoms with Crippen molar-refractivity contribution in [1.82, 2.24) is 20.3 Å². The van der Waals surface area contributed by atoms with E-state index in [0.29, 0.717) is 21.7 Å². The average Bonchev–Trinajstić information content (AvgIpc) is 3.17. The number of halogens is 1. The normalized spacial score (nSPS) is 10.7. The fraction of sp³-hybridized carbons (Fsp3) is 0.0476. The molecular formula is C21H15ClN6O3S. The van der Waals surface area contributed by atoms with Crippen LogP contribution in [0.5, 0.6) is 0 Å². The molecule has 0 radical (unpaired) electrons.